The molecule has 1 rings (SSSR count). The van der Waals surface area contributed by atoms with Crippen molar-refractivity contribution in [3.63, 3.8) is 0 Å². The standard InChI is InChI=1S/C13H26O4/c1-3-4-5-7-16-10(2)9-12-13(15)11(14)6-8-17-12/h10-15H,3-9H2,1-2H3. The molecule has 0 spiro atoms. The van der Waals surface area contributed by atoms with E-state index in [4.69, 9.17) is 9.47 Å². The number of hydrogen-bond acceptors (Lipinski definition) is 4. The van der Waals surface area contributed by atoms with Gasteiger partial charge in [-0.2, -0.15) is 0 Å². The van der Waals surface area contributed by atoms with Gasteiger partial charge in [0.15, 0.2) is 0 Å². The number of aliphatic hydroxyl groups is 2. The number of rotatable bonds is 7. The summed E-state index contributed by atoms with van der Waals surface area (Å²) in [7, 11) is 0. The molecule has 1 aliphatic heterocycles. The molecule has 0 saturated carbocycles. The first-order valence-corrected chi connectivity index (χ1v) is 6.74. The van der Waals surface area contributed by atoms with Crippen LogP contribution >= 0.6 is 0 Å². The molecular weight excluding hydrogens is 220 g/mol. The zero-order chi connectivity index (χ0) is 12.7. The van der Waals surface area contributed by atoms with Crippen molar-refractivity contribution in [1.82, 2.24) is 0 Å². The lowest BCUT2D eigenvalue weighted by atomic mass is 9.98. The maximum absolute atomic E-state index is 9.77. The van der Waals surface area contributed by atoms with E-state index < -0.39 is 12.2 Å². The van der Waals surface area contributed by atoms with Crippen molar-refractivity contribution < 1.29 is 19.7 Å². The van der Waals surface area contributed by atoms with Crippen LogP contribution in [0.15, 0.2) is 0 Å². The molecule has 4 atom stereocenters. The number of unbranched alkanes of at least 4 members (excludes halogenated alkanes) is 2. The zero-order valence-electron chi connectivity index (χ0n) is 11.0. The van der Waals surface area contributed by atoms with Crippen LogP contribution < -0.4 is 0 Å². The van der Waals surface area contributed by atoms with Crippen molar-refractivity contribution in [2.75, 3.05) is 13.2 Å². The molecule has 4 nitrogen and oxygen atoms in total. The number of ether oxygens (including phenoxy) is 2. The Kier molecular flexibility index (Phi) is 7.04. The molecule has 0 aromatic heterocycles. The summed E-state index contributed by atoms with van der Waals surface area (Å²) in [6.45, 7) is 5.44. The van der Waals surface area contributed by atoms with Crippen LogP contribution in [-0.2, 0) is 9.47 Å². The Hall–Kier alpha value is -0.160. The van der Waals surface area contributed by atoms with Crippen LogP contribution in [0.25, 0.3) is 0 Å². The maximum Gasteiger partial charge on any atom is 0.106 e. The first-order valence-electron chi connectivity index (χ1n) is 6.74. The van der Waals surface area contributed by atoms with E-state index in [9.17, 15) is 10.2 Å². The van der Waals surface area contributed by atoms with Gasteiger partial charge in [-0.25, -0.2) is 0 Å². The summed E-state index contributed by atoms with van der Waals surface area (Å²) < 4.78 is 11.1. The normalized spacial score (nSPS) is 31.4. The summed E-state index contributed by atoms with van der Waals surface area (Å²) >= 11 is 0. The fourth-order valence-electron chi connectivity index (χ4n) is 2.10. The largest absolute Gasteiger partial charge is 0.390 e. The molecule has 1 fully saturated rings. The summed E-state index contributed by atoms with van der Waals surface area (Å²) in [4.78, 5) is 0. The van der Waals surface area contributed by atoms with Crippen LogP contribution in [0, 0.1) is 0 Å². The molecule has 4 unspecified atom stereocenters. The highest BCUT2D eigenvalue weighted by atomic mass is 16.5. The summed E-state index contributed by atoms with van der Waals surface area (Å²) in [5.41, 5.74) is 0. The molecule has 0 bridgehead atoms. The van der Waals surface area contributed by atoms with Gasteiger partial charge in [-0.05, 0) is 19.8 Å². The van der Waals surface area contributed by atoms with Crippen molar-refractivity contribution in [2.24, 2.45) is 0 Å². The minimum atomic E-state index is -0.773. The van der Waals surface area contributed by atoms with Crippen molar-refractivity contribution in [3.05, 3.63) is 0 Å². The summed E-state index contributed by atoms with van der Waals surface area (Å²) in [5.74, 6) is 0. The van der Waals surface area contributed by atoms with Gasteiger partial charge >= 0.3 is 0 Å². The second-order valence-electron chi connectivity index (χ2n) is 4.88. The molecular formula is C13H26O4. The minimum absolute atomic E-state index is 0.0665. The molecule has 2 N–H and O–H groups in total. The maximum atomic E-state index is 9.77. The molecule has 1 heterocycles. The third kappa shape index (κ3) is 5.34. The molecule has 102 valence electrons. The van der Waals surface area contributed by atoms with Gasteiger partial charge in [0.05, 0.1) is 18.3 Å². The quantitative estimate of drug-likeness (QED) is 0.668. The zero-order valence-corrected chi connectivity index (χ0v) is 11.0. The topological polar surface area (TPSA) is 58.9 Å². The first-order chi connectivity index (χ1) is 8.15. The van der Waals surface area contributed by atoms with E-state index in [1.807, 2.05) is 6.92 Å². The van der Waals surface area contributed by atoms with Crippen LogP contribution in [-0.4, -0.2) is 47.8 Å². The Bertz CT molecular complexity index is 198. The van der Waals surface area contributed by atoms with E-state index in [0.717, 1.165) is 13.0 Å². The van der Waals surface area contributed by atoms with Crippen molar-refractivity contribution >= 4 is 0 Å². The van der Waals surface area contributed by atoms with Gasteiger partial charge in [0.2, 0.25) is 0 Å². The molecule has 17 heavy (non-hydrogen) atoms. The SMILES string of the molecule is CCCCCOC(C)CC1OCCC(O)C1O. The average molecular weight is 246 g/mol. The van der Waals surface area contributed by atoms with E-state index in [1.165, 1.54) is 12.8 Å². The molecule has 1 aliphatic rings. The highest BCUT2D eigenvalue weighted by molar-refractivity contribution is 4.82. The predicted molar refractivity (Wildman–Crippen MR) is 65.9 cm³/mol. The van der Waals surface area contributed by atoms with E-state index in [0.29, 0.717) is 19.4 Å². The Balaban J connectivity index is 2.18. The number of aliphatic hydroxyl groups excluding tert-OH is 2. The monoisotopic (exact) mass is 246 g/mol. The van der Waals surface area contributed by atoms with Crippen molar-refractivity contribution in [3.8, 4) is 0 Å². The smallest absolute Gasteiger partial charge is 0.106 e. The van der Waals surface area contributed by atoms with Crippen LogP contribution in [0.1, 0.15) is 46.0 Å². The van der Waals surface area contributed by atoms with Crippen LogP contribution in [0.3, 0.4) is 0 Å². The number of hydrogen-bond donors (Lipinski definition) is 2. The van der Waals surface area contributed by atoms with Crippen molar-refractivity contribution in [2.45, 2.75) is 70.4 Å². The van der Waals surface area contributed by atoms with Gasteiger partial charge in [-0.15, -0.1) is 0 Å². The lowest BCUT2D eigenvalue weighted by molar-refractivity contribution is -0.147. The van der Waals surface area contributed by atoms with Crippen molar-refractivity contribution in [1.29, 1.82) is 0 Å². The highest BCUT2D eigenvalue weighted by Gasteiger charge is 2.32. The summed E-state index contributed by atoms with van der Waals surface area (Å²) in [5, 5.41) is 19.3. The average Bonchev–Trinajstić information content (AvgIpc) is 2.31. The van der Waals surface area contributed by atoms with Gasteiger partial charge in [0.1, 0.15) is 6.10 Å². The third-order valence-corrected chi connectivity index (χ3v) is 3.24. The second kappa shape index (κ2) is 8.03. The fraction of sp³-hybridized carbons (Fsp3) is 1.00. The highest BCUT2D eigenvalue weighted by Crippen LogP contribution is 2.19. The molecule has 4 heteroatoms. The molecule has 0 amide bonds. The summed E-state index contributed by atoms with van der Waals surface area (Å²) in [6, 6.07) is 0. The van der Waals surface area contributed by atoms with Crippen LogP contribution in [0.5, 0.6) is 0 Å². The Labute approximate surface area is 104 Å². The van der Waals surface area contributed by atoms with E-state index in [1.54, 1.807) is 0 Å². The third-order valence-electron chi connectivity index (χ3n) is 3.24. The van der Waals surface area contributed by atoms with E-state index in [-0.39, 0.29) is 12.2 Å². The van der Waals surface area contributed by atoms with Gasteiger partial charge < -0.3 is 19.7 Å². The lowest BCUT2D eigenvalue weighted by Crippen LogP contribution is -2.45. The predicted octanol–water partition coefficient (Wildman–Crippen LogP) is 1.48. The van der Waals surface area contributed by atoms with Gasteiger partial charge in [0.25, 0.3) is 0 Å². The van der Waals surface area contributed by atoms with Gasteiger partial charge in [0, 0.05) is 19.6 Å². The van der Waals surface area contributed by atoms with Crippen LogP contribution in [0.2, 0.25) is 0 Å². The Morgan fingerprint density at radius 1 is 1.35 bits per heavy atom. The Morgan fingerprint density at radius 3 is 2.82 bits per heavy atom. The first kappa shape index (κ1) is 14.9. The molecule has 0 aromatic carbocycles. The lowest BCUT2D eigenvalue weighted by Gasteiger charge is -2.33. The van der Waals surface area contributed by atoms with Gasteiger partial charge in [-0.1, -0.05) is 19.8 Å². The minimum Gasteiger partial charge on any atom is -0.390 e. The van der Waals surface area contributed by atoms with Gasteiger partial charge in [-0.3, -0.25) is 0 Å². The van der Waals surface area contributed by atoms with E-state index >= 15 is 0 Å². The molecule has 0 aromatic rings. The fourth-order valence-corrected chi connectivity index (χ4v) is 2.10. The van der Waals surface area contributed by atoms with Crippen LogP contribution in [0.4, 0.5) is 0 Å². The van der Waals surface area contributed by atoms with E-state index in [2.05, 4.69) is 6.92 Å². The molecule has 0 aliphatic carbocycles. The molecule has 1 saturated heterocycles. The second-order valence-corrected chi connectivity index (χ2v) is 4.88. The Morgan fingerprint density at radius 2 is 2.12 bits per heavy atom. The molecule has 0 radical (unpaired) electrons. The summed E-state index contributed by atoms with van der Waals surface area (Å²) in [6.07, 6.45) is 2.97.